The number of hydrogen-bond donors (Lipinski definition) is 2. The number of rotatable bonds is 7. The molecule has 0 fully saturated rings. The first-order chi connectivity index (χ1) is 10.5. The predicted octanol–water partition coefficient (Wildman–Crippen LogP) is 2.62. The first-order valence-electron chi connectivity index (χ1n) is 6.89. The molecule has 2 heterocycles. The van der Waals surface area contributed by atoms with Gasteiger partial charge in [-0.1, -0.05) is 0 Å². The van der Waals surface area contributed by atoms with E-state index in [1.54, 1.807) is 23.1 Å². The van der Waals surface area contributed by atoms with Crippen molar-refractivity contribution < 1.29 is 4.79 Å². The molecule has 0 atom stereocenters. The zero-order chi connectivity index (χ0) is 15.9. The van der Waals surface area contributed by atoms with E-state index in [1.807, 2.05) is 26.8 Å². The fourth-order valence-electron chi connectivity index (χ4n) is 1.79. The van der Waals surface area contributed by atoms with Crippen LogP contribution in [0.2, 0.25) is 0 Å². The first kappa shape index (κ1) is 16.7. The van der Waals surface area contributed by atoms with Gasteiger partial charge in [0.25, 0.3) is 0 Å². The van der Waals surface area contributed by atoms with Crippen LogP contribution in [-0.4, -0.2) is 26.6 Å². The van der Waals surface area contributed by atoms with Gasteiger partial charge in [-0.3, -0.25) is 15.6 Å². The molecule has 2 aromatic rings. The van der Waals surface area contributed by atoms with E-state index in [0.29, 0.717) is 12.4 Å². The summed E-state index contributed by atoms with van der Waals surface area (Å²) in [6.07, 6.45) is 0.436. The topological polar surface area (TPSA) is 79.8 Å². The Hall–Kier alpha value is -1.67. The molecule has 6 nitrogen and oxygen atoms in total. The van der Waals surface area contributed by atoms with Gasteiger partial charge >= 0.3 is 0 Å². The molecular formula is C14H19N5OS2. The lowest BCUT2D eigenvalue weighted by Crippen LogP contribution is -2.30. The summed E-state index contributed by atoms with van der Waals surface area (Å²) in [6, 6.07) is 1.88. The number of aryl methyl sites for hydroxylation is 3. The maximum atomic E-state index is 11.7. The summed E-state index contributed by atoms with van der Waals surface area (Å²) in [5.74, 6) is 1.92. The number of thioether (sulfide) groups is 1. The van der Waals surface area contributed by atoms with Crippen molar-refractivity contribution in [1.29, 1.82) is 0 Å². The second kappa shape index (κ2) is 8.09. The maximum absolute atomic E-state index is 11.7. The molecule has 8 heteroatoms. The number of carbonyl (C=O) groups is 1. The van der Waals surface area contributed by atoms with Crippen LogP contribution in [0.3, 0.4) is 0 Å². The molecule has 1 amide bonds. The quantitative estimate of drug-likeness (QED) is 0.597. The highest BCUT2D eigenvalue weighted by Crippen LogP contribution is 2.15. The van der Waals surface area contributed by atoms with Gasteiger partial charge in [0.05, 0.1) is 10.7 Å². The molecule has 0 bridgehead atoms. The summed E-state index contributed by atoms with van der Waals surface area (Å²) in [5, 5.41) is 3.13. The fraction of sp³-hybridized carbons (Fsp3) is 0.429. The Morgan fingerprint density at radius 1 is 1.23 bits per heavy atom. The zero-order valence-electron chi connectivity index (χ0n) is 12.8. The van der Waals surface area contributed by atoms with Crippen molar-refractivity contribution in [3.05, 3.63) is 33.5 Å². The third-order valence-electron chi connectivity index (χ3n) is 2.69. The van der Waals surface area contributed by atoms with Gasteiger partial charge in [-0.05, 0) is 26.8 Å². The SMILES string of the molecule is Cc1cc(C)nc(NNC(=O)CCSCc2csc(C)n2)n1. The largest absolute Gasteiger partial charge is 0.273 e. The standard InChI is InChI=1S/C14H19N5OS2/c1-9-6-10(2)16-14(15-9)19-18-13(20)4-5-21-7-12-8-22-11(3)17-12/h6,8H,4-5,7H2,1-3H3,(H,18,20)(H,15,16,19). The number of nitrogens with one attached hydrogen (secondary N) is 2. The summed E-state index contributed by atoms with van der Waals surface area (Å²) in [5.41, 5.74) is 8.16. The van der Waals surface area contributed by atoms with Crippen LogP contribution in [0.15, 0.2) is 11.4 Å². The molecule has 2 N–H and O–H groups in total. The molecule has 0 unspecified atom stereocenters. The number of anilines is 1. The molecule has 0 aliphatic rings. The van der Waals surface area contributed by atoms with Crippen molar-refractivity contribution in [1.82, 2.24) is 20.4 Å². The van der Waals surface area contributed by atoms with E-state index in [2.05, 4.69) is 31.2 Å². The number of nitrogens with zero attached hydrogens (tertiary/aromatic N) is 3. The van der Waals surface area contributed by atoms with Crippen molar-refractivity contribution in [2.75, 3.05) is 11.2 Å². The van der Waals surface area contributed by atoms with Gasteiger partial charge in [0, 0.05) is 34.7 Å². The second-order valence-electron chi connectivity index (χ2n) is 4.81. The van der Waals surface area contributed by atoms with Gasteiger partial charge in [0.2, 0.25) is 11.9 Å². The fourth-order valence-corrected chi connectivity index (χ4v) is 3.34. The Morgan fingerprint density at radius 3 is 2.59 bits per heavy atom. The minimum atomic E-state index is -0.0790. The van der Waals surface area contributed by atoms with Crippen LogP contribution in [0.25, 0.3) is 0 Å². The van der Waals surface area contributed by atoms with Crippen molar-refractivity contribution in [3.8, 4) is 0 Å². The van der Waals surface area contributed by atoms with Gasteiger partial charge in [-0.25, -0.2) is 15.0 Å². The normalized spacial score (nSPS) is 10.5. The number of hydrazine groups is 1. The van der Waals surface area contributed by atoms with Crippen LogP contribution in [0.4, 0.5) is 5.95 Å². The van der Waals surface area contributed by atoms with Gasteiger partial charge in [-0.2, -0.15) is 11.8 Å². The maximum Gasteiger partial charge on any atom is 0.242 e. The zero-order valence-corrected chi connectivity index (χ0v) is 14.5. The second-order valence-corrected chi connectivity index (χ2v) is 6.98. The average Bonchev–Trinajstić information content (AvgIpc) is 2.86. The number of hydrogen-bond acceptors (Lipinski definition) is 7. The van der Waals surface area contributed by atoms with Crippen LogP contribution in [0, 0.1) is 20.8 Å². The monoisotopic (exact) mass is 337 g/mol. The average molecular weight is 337 g/mol. The number of aromatic nitrogens is 3. The third-order valence-corrected chi connectivity index (χ3v) is 4.50. The Bertz CT molecular complexity index is 624. The number of amides is 1. The number of thiazole rings is 1. The van der Waals surface area contributed by atoms with E-state index >= 15 is 0 Å². The Labute approximate surface area is 138 Å². The summed E-state index contributed by atoms with van der Waals surface area (Å²) in [7, 11) is 0. The number of carbonyl (C=O) groups excluding carboxylic acids is 1. The van der Waals surface area contributed by atoms with Crippen molar-refractivity contribution in [2.24, 2.45) is 0 Å². The van der Waals surface area contributed by atoms with Gasteiger partial charge in [0.1, 0.15) is 0 Å². The lowest BCUT2D eigenvalue weighted by atomic mass is 10.4. The van der Waals surface area contributed by atoms with Crippen LogP contribution in [0.1, 0.15) is 28.5 Å². The Kier molecular flexibility index (Phi) is 6.14. The van der Waals surface area contributed by atoms with Crippen LogP contribution in [-0.2, 0) is 10.5 Å². The van der Waals surface area contributed by atoms with E-state index < -0.39 is 0 Å². The molecule has 0 radical (unpaired) electrons. The van der Waals surface area contributed by atoms with E-state index in [9.17, 15) is 4.79 Å². The van der Waals surface area contributed by atoms with Crippen molar-refractivity contribution in [3.63, 3.8) is 0 Å². The molecule has 0 saturated heterocycles. The molecule has 2 aromatic heterocycles. The van der Waals surface area contributed by atoms with E-state index in [0.717, 1.165) is 33.6 Å². The van der Waals surface area contributed by atoms with Gasteiger partial charge in [-0.15, -0.1) is 11.3 Å². The minimum Gasteiger partial charge on any atom is -0.273 e. The van der Waals surface area contributed by atoms with Crippen LogP contribution >= 0.6 is 23.1 Å². The summed E-state index contributed by atoms with van der Waals surface area (Å²) in [4.78, 5) is 24.5. The lowest BCUT2D eigenvalue weighted by Gasteiger charge is -2.08. The lowest BCUT2D eigenvalue weighted by molar-refractivity contribution is -0.120. The van der Waals surface area contributed by atoms with Crippen molar-refractivity contribution >= 4 is 35.0 Å². The summed E-state index contributed by atoms with van der Waals surface area (Å²) < 4.78 is 0. The molecule has 0 aliphatic carbocycles. The third kappa shape index (κ3) is 5.61. The summed E-state index contributed by atoms with van der Waals surface area (Å²) >= 11 is 3.35. The molecule has 0 spiro atoms. The smallest absolute Gasteiger partial charge is 0.242 e. The van der Waals surface area contributed by atoms with E-state index in [-0.39, 0.29) is 5.91 Å². The minimum absolute atomic E-state index is 0.0790. The highest BCUT2D eigenvalue weighted by molar-refractivity contribution is 7.98. The Balaban J connectivity index is 1.65. The predicted molar refractivity (Wildman–Crippen MR) is 90.9 cm³/mol. The van der Waals surface area contributed by atoms with Gasteiger partial charge in [0.15, 0.2) is 0 Å². The van der Waals surface area contributed by atoms with Crippen LogP contribution < -0.4 is 10.9 Å². The molecule has 0 aliphatic heterocycles. The van der Waals surface area contributed by atoms with Crippen LogP contribution in [0.5, 0.6) is 0 Å². The molecule has 22 heavy (non-hydrogen) atoms. The summed E-state index contributed by atoms with van der Waals surface area (Å²) in [6.45, 7) is 5.77. The van der Waals surface area contributed by atoms with Crippen molar-refractivity contribution in [2.45, 2.75) is 32.9 Å². The van der Waals surface area contributed by atoms with E-state index in [4.69, 9.17) is 0 Å². The molecule has 0 aromatic carbocycles. The molecular weight excluding hydrogens is 318 g/mol. The Morgan fingerprint density at radius 2 is 1.95 bits per heavy atom. The van der Waals surface area contributed by atoms with Gasteiger partial charge < -0.3 is 0 Å². The molecule has 2 rings (SSSR count). The molecule has 118 valence electrons. The first-order valence-corrected chi connectivity index (χ1v) is 8.92. The highest BCUT2D eigenvalue weighted by atomic mass is 32.2. The van der Waals surface area contributed by atoms with E-state index in [1.165, 1.54) is 0 Å². The highest BCUT2D eigenvalue weighted by Gasteiger charge is 2.04. The molecule has 0 saturated carbocycles.